The molecule has 0 amide bonds. The zero-order valence-corrected chi connectivity index (χ0v) is 11.0. The summed E-state index contributed by atoms with van der Waals surface area (Å²) in [6, 6.07) is 0. The van der Waals surface area contributed by atoms with Crippen molar-refractivity contribution < 1.29 is 61.8 Å². The summed E-state index contributed by atoms with van der Waals surface area (Å²) < 4.78 is 167. The lowest BCUT2D eigenvalue weighted by molar-refractivity contribution is -0.449. The molecule has 1 nitrogen and oxygen atoms in total. The summed E-state index contributed by atoms with van der Waals surface area (Å²) in [6.07, 6.45) is -7.42. The zero-order valence-electron chi connectivity index (χ0n) is 10.3. The summed E-state index contributed by atoms with van der Waals surface area (Å²) >= 11 is 4.10. The van der Waals surface area contributed by atoms with Gasteiger partial charge < -0.3 is 4.74 Å². The standard InChI is InChI=1S/C8H4ClF13O/c1-23-3(11,2(9)10)4(12,13)5(14,15)6(16,17)7(18,19)8(20,21)22/h2H,1H3. The fourth-order valence-corrected chi connectivity index (χ4v) is 1.37. The van der Waals surface area contributed by atoms with Gasteiger partial charge in [0.15, 0.2) is 0 Å². The Bertz CT molecular complexity index is 411. The fraction of sp³-hybridized carbons (Fsp3) is 1.00. The summed E-state index contributed by atoms with van der Waals surface area (Å²) in [5.74, 6) is -36.4. The Labute approximate surface area is 123 Å². The molecule has 0 aromatic carbocycles. The van der Waals surface area contributed by atoms with E-state index in [2.05, 4.69) is 16.3 Å². The molecule has 0 bridgehead atoms. The van der Waals surface area contributed by atoms with Crippen LogP contribution < -0.4 is 0 Å². The molecule has 0 rings (SSSR count). The van der Waals surface area contributed by atoms with Crippen molar-refractivity contribution in [3.05, 3.63) is 0 Å². The first-order valence-corrected chi connectivity index (χ1v) is 5.29. The van der Waals surface area contributed by atoms with Crippen LogP contribution in [-0.4, -0.2) is 48.5 Å². The molecule has 0 aromatic rings. The second kappa shape index (κ2) is 5.70. The molecule has 15 heteroatoms. The predicted octanol–water partition coefficient (Wildman–Crippen LogP) is 4.94. The van der Waals surface area contributed by atoms with Crippen LogP contribution in [0, 0.1) is 0 Å². The van der Waals surface area contributed by atoms with Crippen molar-refractivity contribution >= 4 is 11.6 Å². The first-order valence-electron chi connectivity index (χ1n) is 4.86. The summed E-state index contributed by atoms with van der Waals surface area (Å²) in [5, 5.41) is 0. The van der Waals surface area contributed by atoms with Crippen LogP contribution in [-0.2, 0) is 4.74 Å². The minimum Gasteiger partial charge on any atom is -0.341 e. The fourth-order valence-electron chi connectivity index (χ4n) is 1.14. The number of methoxy groups -OCH3 is 1. The first-order chi connectivity index (χ1) is 9.75. The molecule has 0 spiro atoms. The highest BCUT2D eigenvalue weighted by Gasteiger charge is 2.91. The van der Waals surface area contributed by atoms with E-state index in [0.29, 0.717) is 0 Å². The van der Waals surface area contributed by atoms with Gasteiger partial charge in [0.1, 0.15) is 0 Å². The number of rotatable bonds is 6. The molecule has 0 aliphatic heterocycles. The van der Waals surface area contributed by atoms with E-state index in [4.69, 9.17) is 0 Å². The number of alkyl halides is 14. The average molecular weight is 399 g/mol. The Hall–Kier alpha value is -0.660. The third kappa shape index (κ3) is 2.81. The van der Waals surface area contributed by atoms with Crippen molar-refractivity contribution in [2.45, 2.75) is 41.4 Å². The molecule has 0 aliphatic rings. The van der Waals surface area contributed by atoms with E-state index in [1.165, 1.54) is 0 Å². The van der Waals surface area contributed by atoms with Crippen LogP contribution in [0.15, 0.2) is 0 Å². The third-order valence-electron chi connectivity index (χ3n) is 2.54. The summed E-state index contributed by atoms with van der Waals surface area (Å²) in [6.45, 7) is 0. The van der Waals surface area contributed by atoms with Gasteiger partial charge in [-0.15, -0.1) is 0 Å². The molecule has 0 N–H and O–H groups in total. The Balaban J connectivity index is 6.35. The van der Waals surface area contributed by atoms with Crippen LogP contribution in [0.1, 0.15) is 0 Å². The summed E-state index contributed by atoms with van der Waals surface area (Å²) in [5.41, 5.74) is -4.33. The molecule has 0 aliphatic carbocycles. The highest BCUT2D eigenvalue weighted by Crippen LogP contribution is 2.60. The molecule has 23 heavy (non-hydrogen) atoms. The lowest BCUT2D eigenvalue weighted by Crippen LogP contribution is -2.72. The first kappa shape index (κ1) is 22.3. The highest BCUT2D eigenvalue weighted by atomic mass is 35.5. The lowest BCUT2D eigenvalue weighted by atomic mass is 9.93. The third-order valence-corrected chi connectivity index (χ3v) is 2.83. The molecule has 2 unspecified atom stereocenters. The maximum absolute atomic E-state index is 13.3. The van der Waals surface area contributed by atoms with Gasteiger partial charge in [-0.05, 0) is 0 Å². The second-order valence-corrected chi connectivity index (χ2v) is 4.33. The molecule has 140 valence electrons. The highest BCUT2D eigenvalue weighted by molar-refractivity contribution is 6.20. The van der Waals surface area contributed by atoms with E-state index in [-0.39, 0.29) is 7.11 Å². The lowest BCUT2D eigenvalue weighted by Gasteiger charge is -2.41. The van der Waals surface area contributed by atoms with Gasteiger partial charge in [0, 0.05) is 7.11 Å². The van der Waals surface area contributed by atoms with Gasteiger partial charge in [-0.1, -0.05) is 11.6 Å². The van der Waals surface area contributed by atoms with E-state index in [1.807, 2.05) is 0 Å². The van der Waals surface area contributed by atoms with E-state index in [0.717, 1.165) is 0 Å². The quantitative estimate of drug-likeness (QED) is 0.455. The van der Waals surface area contributed by atoms with Crippen molar-refractivity contribution in [1.82, 2.24) is 0 Å². The molecule has 0 saturated heterocycles. The predicted molar refractivity (Wildman–Crippen MR) is 47.4 cm³/mol. The maximum atomic E-state index is 13.3. The van der Waals surface area contributed by atoms with Crippen LogP contribution in [0.2, 0.25) is 0 Å². The Morgan fingerprint density at radius 1 is 0.652 bits per heavy atom. The van der Waals surface area contributed by atoms with Gasteiger partial charge in [-0.25, -0.2) is 8.78 Å². The van der Waals surface area contributed by atoms with Gasteiger partial charge in [0.05, 0.1) is 0 Å². The van der Waals surface area contributed by atoms with E-state index in [1.54, 1.807) is 0 Å². The van der Waals surface area contributed by atoms with Crippen LogP contribution in [0.4, 0.5) is 57.1 Å². The van der Waals surface area contributed by atoms with E-state index < -0.39 is 41.4 Å². The van der Waals surface area contributed by atoms with Crippen LogP contribution >= 0.6 is 11.6 Å². The maximum Gasteiger partial charge on any atom is 0.460 e. The van der Waals surface area contributed by atoms with Crippen molar-refractivity contribution in [1.29, 1.82) is 0 Å². The Kier molecular flexibility index (Phi) is 5.54. The normalized spacial score (nSPS) is 19.4. The van der Waals surface area contributed by atoms with Gasteiger partial charge >= 0.3 is 35.7 Å². The van der Waals surface area contributed by atoms with Gasteiger partial charge in [0.25, 0.3) is 0 Å². The number of ether oxygens (including phenoxy) is 1. The largest absolute Gasteiger partial charge is 0.460 e. The molecule has 0 heterocycles. The Morgan fingerprint density at radius 3 is 1.17 bits per heavy atom. The molecule has 0 aromatic heterocycles. The summed E-state index contributed by atoms with van der Waals surface area (Å²) in [7, 11) is -0.293. The van der Waals surface area contributed by atoms with Crippen LogP contribution in [0.25, 0.3) is 0 Å². The number of hydrogen-bond acceptors (Lipinski definition) is 1. The monoisotopic (exact) mass is 398 g/mol. The van der Waals surface area contributed by atoms with Crippen molar-refractivity contribution in [2.75, 3.05) is 7.11 Å². The van der Waals surface area contributed by atoms with Gasteiger partial charge in [-0.2, -0.15) is 48.3 Å². The van der Waals surface area contributed by atoms with Gasteiger partial charge in [0.2, 0.25) is 5.63 Å². The molecular weight excluding hydrogens is 395 g/mol. The van der Waals surface area contributed by atoms with E-state index >= 15 is 0 Å². The number of hydrogen-bond donors (Lipinski definition) is 0. The number of halogens is 14. The van der Waals surface area contributed by atoms with Crippen LogP contribution in [0.5, 0.6) is 0 Å². The molecule has 0 fully saturated rings. The zero-order chi connectivity index (χ0) is 19.3. The molecule has 0 radical (unpaired) electrons. The second-order valence-electron chi connectivity index (χ2n) is 3.95. The van der Waals surface area contributed by atoms with E-state index in [9.17, 15) is 57.1 Å². The average Bonchev–Trinajstić information content (AvgIpc) is 2.34. The topological polar surface area (TPSA) is 9.23 Å². The molecule has 0 saturated carbocycles. The smallest absolute Gasteiger partial charge is 0.341 e. The molecule has 2 atom stereocenters. The summed E-state index contributed by atoms with van der Waals surface area (Å²) in [4.78, 5) is 0. The van der Waals surface area contributed by atoms with Crippen LogP contribution in [0.3, 0.4) is 0 Å². The minimum absolute atomic E-state index is 0.293. The van der Waals surface area contributed by atoms with Crippen molar-refractivity contribution in [2.24, 2.45) is 0 Å². The van der Waals surface area contributed by atoms with Crippen molar-refractivity contribution in [3.63, 3.8) is 0 Å². The minimum atomic E-state index is -7.89. The SMILES string of the molecule is COC(F)(C(F)Cl)C(F)(F)C(F)(F)C(F)(F)C(F)(F)C(F)(F)F. The van der Waals surface area contributed by atoms with Gasteiger partial charge in [-0.3, -0.25) is 0 Å². The molecular formula is C8H4ClF13O. The Morgan fingerprint density at radius 2 is 0.957 bits per heavy atom. The van der Waals surface area contributed by atoms with Crippen molar-refractivity contribution in [3.8, 4) is 0 Å².